The second-order valence-electron chi connectivity index (χ2n) is 8.55. The molecule has 0 aliphatic carbocycles. The third-order valence-corrected chi connectivity index (χ3v) is 8.35. The van der Waals surface area contributed by atoms with Crippen LogP contribution in [0.25, 0.3) is 0 Å². The Bertz CT molecular complexity index is 1090. The standard InChI is InChI=1S/C22H28N4O5S/c1-16-4-3-5-21(10-16)26(9-8-25(17(2)13-26)20-14-31-15-20)32(29,30)24-12-19-7-6-18(11-23-19)22(27)28/h3-7,10-11,17,20,24H,8-9,12-15H2,1-2H3/p+1/t17?,26-/m1/s1. The highest BCUT2D eigenvalue weighted by atomic mass is 32.2. The number of aromatic nitrogens is 1. The number of hydrogen-bond acceptors (Lipinski definition) is 6. The molecule has 2 saturated heterocycles. The maximum atomic E-state index is 13.8. The number of carboxylic acid groups (broad SMARTS) is 1. The van der Waals surface area contributed by atoms with Gasteiger partial charge < -0.3 is 9.84 Å². The van der Waals surface area contributed by atoms with Gasteiger partial charge in [0, 0.05) is 18.3 Å². The van der Waals surface area contributed by atoms with Gasteiger partial charge in [-0.25, -0.2) is 4.79 Å². The van der Waals surface area contributed by atoms with Crippen LogP contribution in [0.2, 0.25) is 0 Å². The van der Waals surface area contributed by atoms with Gasteiger partial charge in [-0.05, 0) is 31.5 Å². The van der Waals surface area contributed by atoms with E-state index in [9.17, 15) is 13.2 Å². The summed E-state index contributed by atoms with van der Waals surface area (Å²) in [7, 11) is -3.84. The van der Waals surface area contributed by atoms with Crippen molar-refractivity contribution in [2.24, 2.45) is 0 Å². The fraction of sp³-hybridized carbons (Fsp3) is 0.455. The smallest absolute Gasteiger partial charge is 0.375 e. The molecule has 32 heavy (non-hydrogen) atoms. The largest absolute Gasteiger partial charge is 0.478 e. The van der Waals surface area contributed by atoms with Gasteiger partial charge in [-0.15, -0.1) is 0 Å². The lowest BCUT2D eigenvalue weighted by atomic mass is 10.1. The minimum Gasteiger partial charge on any atom is -0.478 e. The van der Waals surface area contributed by atoms with Crippen LogP contribution in [0.4, 0.5) is 5.69 Å². The van der Waals surface area contributed by atoms with E-state index >= 15 is 0 Å². The van der Waals surface area contributed by atoms with E-state index in [1.54, 1.807) is 0 Å². The third kappa shape index (κ3) is 4.28. The fourth-order valence-corrected chi connectivity index (χ4v) is 6.20. The molecule has 1 aromatic carbocycles. The summed E-state index contributed by atoms with van der Waals surface area (Å²) < 4.78 is 35.4. The Morgan fingerprint density at radius 1 is 1.31 bits per heavy atom. The van der Waals surface area contributed by atoms with Crippen LogP contribution in [0.1, 0.15) is 28.5 Å². The van der Waals surface area contributed by atoms with Gasteiger partial charge in [0.15, 0.2) is 0 Å². The van der Waals surface area contributed by atoms with E-state index in [-0.39, 0.29) is 22.0 Å². The monoisotopic (exact) mass is 461 g/mol. The van der Waals surface area contributed by atoms with Crippen molar-refractivity contribution in [1.82, 2.24) is 18.5 Å². The first-order valence-corrected chi connectivity index (χ1v) is 12.1. The number of rotatable bonds is 7. The molecule has 1 aromatic heterocycles. The molecule has 172 valence electrons. The van der Waals surface area contributed by atoms with Crippen molar-refractivity contribution in [2.75, 3.05) is 32.8 Å². The Hall–Kier alpha value is -2.37. The number of ether oxygens (including phenoxy) is 1. The predicted octanol–water partition coefficient (Wildman–Crippen LogP) is 1.53. The second kappa shape index (κ2) is 8.87. The number of carboxylic acids is 1. The predicted molar refractivity (Wildman–Crippen MR) is 120 cm³/mol. The first-order valence-electron chi connectivity index (χ1n) is 10.7. The van der Waals surface area contributed by atoms with Gasteiger partial charge in [-0.1, -0.05) is 12.1 Å². The topological polar surface area (TPSA) is 109 Å². The molecule has 0 radical (unpaired) electrons. The van der Waals surface area contributed by atoms with Crippen molar-refractivity contribution in [3.63, 3.8) is 0 Å². The Morgan fingerprint density at radius 3 is 2.66 bits per heavy atom. The van der Waals surface area contributed by atoms with Crippen molar-refractivity contribution in [3.8, 4) is 0 Å². The van der Waals surface area contributed by atoms with Crippen molar-refractivity contribution in [1.29, 1.82) is 0 Å². The quantitative estimate of drug-likeness (QED) is 0.602. The van der Waals surface area contributed by atoms with Gasteiger partial charge >= 0.3 is 16.2 Å². The Labute approximate surface area is 188 Å². The highest BCUT2D eigenvalue weighted by Crippen LogP contribution is 2.33. The number of quaternary nitrogens is 1. The van der Waals surface area contributed by atoms with E-state index in [0.717, 1.165) is 11.3 Å². The Kier molecular flexibility index (Phi) is 6.33. The normalized spacial score (nSPS) is 24.8. The molecule has 2 aromatic rings. The zero-order valence-electron chi connectivity index (χ0n) is 18.3. The first kappa shape index (κ1) is 22.8. The molecule has 2 aliphatic heterocycles. The summed E-state index contributed by atoms with van der Waals surface area (Å²) in [5, 5.41) is 9.03. The summed E-state index contributed by atoms with van der Waals surface area (Å²) >= 11 is 0. The minimum absolute atomic E-state index is 0.0113. The molecular formula is C22H29N4O5S+. The Balaban J connectivity index is 1.61. The average molecular weight is 462 g/mol. The molecular weight excluding hydrogens is 432 g/mol. The van der Waals surface area contributed by atoms with Crippen molar-refractivity contribution in [2.45, 2.75) is 32.5 Å². The highest BCUT2D eigenvalue weighted by molar-refractivity contribution is 7.89. The SMILES string of the molecule is Cc1cccc([N@@+]2(S(=O)(=O)NCc3ccc(C(=O)O)cn3)CCN(C3COC3)C(C)C2)c1. The van der Waals surface area contributed by atoms with Gasteiger partial charge in [-0.2, -0.15) is 17.0 Å². The number of aromatic carboxylic acids is 1. The summed E-state index contributed by atoms with van der Waals surface area (Å²) in [6.45, 7) is 6.89. The molecule has 3 heterocycles. The van der Waals surface area contributed by atoms with Gasteiger partial charge in [-0.3, -0.25) is 9.88 Å². The lowest BCUT2D eigenvalue weighted by Gasteiger charge is -2.49. The molecule has 2 aliphatic rings. The molecule has 2 fully saturated rings. The molecule has 2 N–H and O–H groups in total. The van der Waals surface area contributed by atoms with Gasteiger partial charge in [0.2, 0.25) is 0 Å². The number of pyridine rings is 1. The molecule has 9 nitrogen and oxygen atoms in total. The van der Waals surface area contributed by atoms with E-state index in [2.05, 4.69) is 21.5 Å². The molecule has 0 bridgehead atoms. The number of hydrogen-bond donors (Lipinski definition) is 2. The number of aryl methyl sites for hydroxylation is 1. The van der Waals surface area contributed by atoms with Crippen LogP contribution in [0.5, 0.6) is 0 Å². The van der Waals surface area contributed by atoms with Crippen LogP contribution >= 0.6 is 0 Å². The van der Waals surface area contributed by atoms with Crippen LogP contribution in [0, 0.1) is 6.92 Å². The van der Waals surface area contributed by atoms with E-state index in [1.807, 2.05) is 31.2 Å². The summed E-state index contributed by atoms with van der Waals surface area (Å²) in [6, 6.07) is 11.0. The van der Waals surface area contributed by atoms with Crippen molar-refractivity contribution >= 4 is 21.9 Å². The summed E-state index contributed by atoms with van der Waals surface area (Å²) in [5.74, 6) is -1.07. The van der Waals surface area contributed by atoms with Crippen LogP contribution < -0.4 is 8.61 Å². The van der Waals surface area contributed by atoms with Crippen LogP contribution in [0.15, 0.2) is 42.6 Å². The maximum Gasteiger partial charge on any atom is 0.375 e. The maximum absolute atomic E-state index is 13.8. The number of piperazine rings is 1. The zero-order valence-corrected chi connectivity index (χ0v) is 19.1. The minimum atomic E-state index is -3.84. The fourth-order valence-electron chi connectivity index (χ4n) is 4.49. The average Bonchev–Trinajstić information content (AvgIpc) is 2.72. The number of benzene rings is 1. The number of nitrogens with one attached hydrogen (secondary N) is 1. The summed E-state index contributed by atoms with van der Waals surface area (Å²) in [5.41, 5.74) is 2.26. The van der Waals surface area contributed by atoms with Crippen LogP contribution in [-0.4, -0.2) is 74.3 Å². The van der Waals surface area contributed by atoms with E-state index in [0.29, 0.717) is 44.6 Å². The van der Waals surface area contributed by atoms with Crippen LogP contribution in [-0.2, 0) is 21.5 Å². The van der Waals surface area contributed by atoms with E-state index < -0.39 is 16.2 Å². The Morgan fingerprint density at radius 2 is 2.09 bits per heavy atom. The van der Waals surface area contributed by atoms with Gasteiger partial charge in [0.05, 0.1) is 49.6 Å². The molecule has 10 heteroatoms. The molecule has 1 unspecified atom stereocenters. The number of nitrogens with zero attached hydrogens (tertiary/aromatic N) is 3. The zero-order chi connectivity index (χ0) is 22.9. The molecule has 0 amide bonds. The first-order chi connectivity index (χ1) is 15.2. The molecule has 2 atom stereocenters. The van der Waals surface area contributed by atoms with Crippen molar-refractivity contribution < 1.29 is 23.1 Å². The highest BCUT2D eigenvalue weighted by Gasteiger charge is 2.50. The second-order valence-corrected chi connectivity index (χ2v) is 10.5. The molecule has 0 saturated carbocycles. The van der Waals surface area contributed by atoms with Crippen molar-refractivity contribution in [3.05, 3.63) is 59.4 Å². The summed E-state index contributed by atoms with van der Waals surface area (Å²) in [4.78, 5) is 17.5. The molecule has 0 spiro atoms. The lowest BCUT2D eigenvalue weighted by Crippen LogP contribution is -2.71. The van der Waals surface area contributed by atoms with Gasteiger partial charge in [0.1, 0.15) is 18.8 Å². The van der Waals surface area contributed by atoms with E-state index in [1.165, 1.54) is 18.3 Å². The van der Waals surface area contributed by atoms with E-state index in [4.69, 9.17) is 9.84 Å². The summed E-state index contributed by atoms with van der Waals surface area (Å²) in [6.07, 6.45) is 1.23. The third-order valence-electron chi connectivity index (χ3n) is 6.37. The van der Waals surface area contributed by atoms with Gasteiger partial charge in [0.25, 0.3) is 0 Å². The lowest BCUT2D eigenvalue weighted by molar-refractivity contribution is -0.0868. The van der Waals surface area contributed by atoms with Crippen LogP contribution in [0.3, 0.4) is 0 Å². The molecule has 4 rings (SSSR count). The number of carbonyl (C=O) groups is 1.